The van der Waals surface area contributed by atoms with E-state index in [1.807, 2.05) is 0 Å². The molecule has 0 saturated carbocycles. The van der Waals surface area contributed by atoms with Crippen LogP contribution in [-0.4, -0.2) is 26.7 Å². The molecule has 0 aromatic heterocycles. The van der Waals surface area contributed by atoms with Gasteiger partial charge in [-0.1, -0.05) is 56.3 Å². The van der Waals surface area contributed by atoms with Gasteiger partial charge in [0.1, 0.15) is 5.75 Å². The van der Waals surface area contributed by atoms with Gasteiger partial charge in [0.2, 0.25) is 0 Å². The van der Waals surface area contributed by atoms with Gasteiger partial charge >= 0.3 is 5.97 Å². The third kappa shape index (κ3) is 5.33. The number of esters is 1. The van der Waals surface area contributed by atoms with E-state index in [9.17, 15) is 4.79 Å². The summed E-state index contributed by atoms with van der Waals surface area (Å²) in [6.07, 6.45) is 6.50. The van der Waals surface area contributed by atoms with Gasteiger partial charge in [-0.15, -0.1) is 0 Å². The summed E-state index contributed by atoms with van der Waals surface area (Å²) in [5, 5.41) is 0. The van der Waals surface area contributed by atoms with Crippen molar-refractivity contribution in [2.24, 2.45) is 5.92 Å². The van der Waals surface area contributed by atoms with E-state index in [0.29, 0.717) is 5.92 Å². The lowest BCUT2D eigenvalue weighted by Crippen LogP contribution is -2.49. The van der Waals surface area contributed by atoms with Crippen LogP contribution in [0.1, 0.15) is 55.0 Å². The summed E-state index contributed by atoms with van der Waals surface area (Å²) in [6, 6.07) is 24.0. The van der Waals surface area contributed by atoms with E-state index in [1.54, 1.807) is 13.2 Å². The molecular weight excluding hydrogens is 446 g/mol. The van der Waals surface area contributed by atoms with Crippen molar-refractivity contribution >= 4 is 17.7 Å². The minimum Gasteiger partial charge on any atom is -0.497 e. The number of hydrogen-bond donors (Lipinski definition) is 0. The van der Waals surface area contributed by atoms with Crippen LogP contribution in [0.2, 0.25) is 0 Å². The lowest BCUT2D eigenvalue weighted by Gasteiger charge is -2.48. The number of nitrogens with zero attached hydrogens (tertiary/aromatic N) is 1. The van der Waals surface area contributed by atoms with Gasteiger partial charge in [0.15, 0.2) is 0 Å². The zero-order valence-corrected chi connectivity index (χ0v) is 22.1. The molecule has 0 spiro atoms. The Morgan fingerprint density at radius 3 is 2.39 bits per heavy atom. The van der Waals surface area contributed by atoms with Crippen LogP contribution < -0.4 is 9.64 Å². The highest BCUT2D eigenvalue weighted by Gasteiger charge is 2.40. The molecule has 1 atom stereocenters. The predicted octanol–water partition coefficient (Wildman–Crippen LogP) is 6.80. The largest absolute Gasteiger partial charge is 0.497 e. The summed E-state index contributed by atoms with van der Waals surface area (Å²) < 4.78 is 10.3. The SMILES string of the molecule is COC(=O)C=Cc1ccc(C2(C)c3ccc(OC)cc3CCN2c2ccc(CCC(C)C)cc2)cc1. The van der Waals surface area contributed by atoms with Gasteiger partial charge < -0.3 is 14.4 Å². The molecule has 0 aliphatic carbocycles. The number of hydrogen-bond acceptors (Lipinski definition) is 4. The normalized spacial score (nSPS) is 17.3. The number of carbonyl (C=O) groups excluding carboxylic acids is 1. The van der Waals surface area contributed by atoms with Crippen LogP contribution in [-0.2, 0) is 27.9 Å². The number of fused-ring (bicyclic) bond motifs is 1. The van der Waals surface area contributed by atoms with Crippen molar-refractivity contribution in [3.63, 3.8) is 0 Å². The number of benzene rings is 3. The molecule has 0 saturated heterocycles. The first kappa shape index (κ1) is 25.6. The van der Waals surface area contributed by atoms with Crippen molar-refractivity contribution in [2.45, 2.75) is 45.6 Å². The summed E-state index contributed by atoms with van der Waals surface area (Å²) in [7, 11) is 3.11. The second kappa shape index (κ2) is 11.0. The van der Waals surface area contributed by atoms with Crippen LogP contribution >= 0.6 is 0 Å². The first-order chi connectivity index (χ1) is 17.3. The smallest absolute Gasteiger partial charge is 0.330 e. The number of aryl methyl sites for hydroxylation is 1. The number of carbonyl (C=O) groups is 1. The van der Waals surface area contributed by atoms with Crippen LogP contribution in [0.4, 0.5) is 5.69 Å². The highest BCUT2D eigenvalue weighted by atomic mass is 16.5. The van der Waals surface area contributed by atoms with Crippen LogP contribution in [0, 0.1) is 5.92 Å². The second-order valence-corrected chi connectivity index (χ2v) is 10.1. The third-order valence-electron chi connectivity index (χ3n) is 7.33. The molecule has 1 aliphatic heterocycles. The second-order valence-electron chi connectivity index (χ2n) is 10.1. The van der Waals surface area contributed by atoms with Gasteiger partial charge in [0.05, 0.1) is 19.8 Å². The molecule has 4 nitrogen and oxygen atoms in total. The van der Waals surface area contributed by atoms with Gasteiger partial charge in [-0.3, -0.25) is 0 Å². The van der Waals surface area contributed by atoms with Crippen LogP contribution in [0.15, 0.2) is 72.8 Å². The molecule has 4 rings (SSSR count). The van der Waals surface area contributed by atoms with Crippen LogP contribution in [0.5, 0.6) is 5.75 Å². The predicted molar refractivity (Wildman–Crippen MR) is 148 cm³/mol. The van der Waals surface area contributed by atoms with E-state index < -0.39 is 0 Å². The monoisotopic (exact) mass is 483 g/mol. The zero-order chi connectivity index (χ0) is 25.7. The molecule has 0 amide bonds. The first-order valence-corrected chi connectivity index (χ1v) is 12.8. The van der Waals surface area contributed by atoms with E-state index in [0.717, 1.165) is 30.7 Å². The van der Waals surface area contributed by atoms with E-state index in [2.05, 4.69) is 92.4 Å². The molecule has 0 bridgehead atoms. The maximum Gasteiger partial charge on any atom is 0.330 e. The molecule has 36 heavy (non-hydrogen) atoms. The lowest BCUT2D eigenvalue weighted by molar-refractivity contribution is -0.134. The number of methoxy groups -OCH3 is 2. The van der Waals surface area contributed by atoms with E-state index >= 15 is 0 Å². The van der Waals surface area contributed by atoms with Gasteiger partial charge in [-0.25, -0.2) is 4.79 Å². The average molecular weight is 484 g/mol. The summed E-state index contributed by atoms with van der Waals surface area (Å²) in [4.78, 5) is 14.0. The van der Waals surface area contributed by atoms with E-state index in [1.165, 1.54) is 47.5 Å². The number of rotatable bonds is 8. The maximum atomic E-state index is 11.5. The molecule has 1 unspecified atom stereocenters. The van der Waals surface area contributed by atoms with Gasteiger partial charge in [0.25, 0.3) is 0 Å². The standard InChI is InChI=1S/C32H37NO3/c1-23(2)6-7-24-10-15-28(16-11-24)33-21-20-26-22-29(35-4)17-18-30(26)32(33,3)27-13-8-25(9-14-27)12-19-31(34)36-5/h8-19,22-23H,6-7,20-21H2,1-5H3. The van der Waals surface area contributed by atoms with E-state index in [4.69, 9.17) is 9.47 Å². The summed E-state index contributed by atoms with van der Waals surface area (Å²) in [6.45, 7) is 7.77. The molecule has 0 N–H and O–H groups in total. The van der Waals surface area contributed by atoms with Gasteiger partial charge in [-0.2, -0.15) is 0 Å². The van der Waals surface area contributed by atoms with Crippen molar-refractivity contribution < 1.29 is 14.3 Å². The summed E-state index contributed by atoms with van der Waals surface area (Å²) in [5.74, 6) is 1.24. The Bertz CT molecular complexity index is 1210. The summed E-state index contributed by atoms with van der Waals surface area (Å²) >= 11 is 0. The molecule has 3 aromatic rings. The molecule has 188 valence electrons. The third-order valence-corrected chi connectivity index (χ3v) is 7.33. The van der Waals surface area contributed by atoms with Gasteiger partial charge in [-0.05, 0) is 90.3 Å². The fraction of sp³-hybridized carbons (Fsp3) is 0.344. The highest BCUT2D eigenvalue weighted by molar-refractivity contribution is 5.86. The Balaban J connectivity index is 1.73. The molecule has 3 aromatic carbocycles. The van der Waals surface area contributed by atoms with Crippen LogP contribution in [0.25, 0.3) is 6.08 Å². The molecule has 0 radical (unpaired) electrons. The summed E-state index contributed by atoms with van der Waals surface area (Å²) in [5.41, 5.74) is 7.02. The number of anilines is 1. The van der Waals surface area contributed by atoms with Crippen molar-refractivity contribution in [2.75, 3.05) is 25.7 Å². The Labute approximate surface area is 215 Å². The Kier molecular flexibility index (Phi) is 7.83. The maximum absolute atomic E-state index is 11.5. The molecule has 1 aliphatic rings. The number of ether oxygens (including phenoxy) is 2. The Hall–Kier alpha value is -3.53. The fourth-order valence-electron chi connectivity index (χ4n) is 5.13. The molecule has 1 heterocycles. The lowest BCUT2D eigenvalue weighted by atomic mass is 9.76. The Morgan fingerprint density at radius 1 is 1.03 bits per heavy atom. The fourth-order valence-corrected chi connectivity index (χ4v) is 5.13. The topological polar surface area (TPSA) is 38.8 Å². The van der Waals surface area contributed by atoms with Crippen LogP contribution in [0.3, 0.4) is 0 Å². The molecule has 4 heteroatoms. The molecule has 0 fully saturated rings. The van der Waals surface area contributed by atoms with Crippen molar-refractivity contribution in [1.29, 1.82) is 0 Å². The minimum absolute atomic E-state index is 0.357. The average Bonchev–Trinajstić information content (AvgIpc) is 2.91. The highest BCUT2D eigenvalue weighted by Crippen LogP contribution is 2.44. The zero-order valence-electron chi connectivity index (χ0n) is 22.1. The van der Waals surface area contributed by atoms with E-state index in [-0.39, 0.29) is 11.5 Å². The molecular formula is C32H37NO3. The van der Waals surface area contributed by atoms with Crippen molar-refractivity contribution in [3.05, 3.63) is 101 Å². The Morgan fingerprint density at radius 2 is 1.75 bits per heavy atom. The van der Waals surface area contributed by atoms with Gasteiger partial charge in [0, 0.05) is 18.3 Å². The quantitative estimate of drug-likeness (QED) is 0.261. The first-order valence-electron chi connectivity index (χ1n) is 12.8. The van der Waals surface area contributed by atoms with Crippen molar-refractivity contribution in [1.82, 2.24) is 0 Å². The minimum atomic E-state index is -0.357. The van der Waals surface area contributed by atoms with Crippen molar-refractivity contribution in [3.8, 4) is 5.75 Å².